The fourth-order valence-electron chi connectivity index (χ4n) is 1.96. The molecule has 0 bridgehead atoms. The van der Waals surface area contributed by atoms with Crippen LogP contribution in [0.5, 0.6) is 0 Å². The van der Waals surface area contributed by atoms with E-state index in [2.05, 4.69) is 10.5 Å². The number of ether oxygens (including phenoxy) is 1. The van der Waals surface area contributed by atoms with Crippen molar-refractivity contribution < 1.29 is 14.1 Å². The average Bonchev–Trinajstić information content (AvgIpc) is 2.62. The molecule has 6 heteroatoms. The molecular weight excluding hydrogens is 222 g/mol. The maximum Gasteiger partial charge on any atom is 0.323 e. The first kappa shape index (κ1) is 11.9. The van der Waals surface area contributed by atoms with Crippen molar-refractivity contribution >= 4 is 11.8 Å². The fourth-order valence-corrected chi connectivity index (χ4v) is 1.96. The molecule has 2 rings (SSSR count). The van der Waals surface area contributed by atoms with Crippen molar-refractivity contribution in [1.82, 2.24) is 10.1 Å². The third kappa shape index (κ3) is 2.97. The van der Waals surface area contributed by atoms with Gasteiger partial charge in [-0.25, -0.2) is 4.79 Å². The van der Waals surface area contributed by atoms with Gasteiger partial charge in [0, 0.05) is 19.2 Å². The lowest BCUT2D eigenvalue weighted by molar-refractivity contribution is -0.0530. The zero-order valence-electron chi connectivity index (χ0n) is 10.3. The quantitative estimate of drug-likeness (QED) is 0.808. The van der Waals surface area contributed by atoms with Crippen LogP contribution in [-0.2, 0) is 4.74 Å². The molecule has 0 spiro atoms. The van der Waals surface area contributed by atoms with Gasteiger partial charge in [-0.05, 0) is 20.8 Å². The molecule has 17 heavy (non-hydrogen) atoms. The Morgan fingerprint density at radius 1 is 1.47 bits per heavy atom. The molecular formula is C11H17N3O3. The maximum absolute atomic E-state index is 11.9. The second-order valence-electron chi connectivity index (χ2n) is 4.42. The second kappa shape index (κ2) is 4.75. The van der Waals surface area contributed by atoms with Crippen molar-refractivity contribution in [2.75, 3.05) is 18.4 Å². The van der Waals surface area contributed by atoms with Crippen LogP contribution in [0, 0.1) is 6.92 Å². The first-order valence-corrected chi connectivity index (χ1v) is 5.69. The van der Waals surface area contributed by atoms with Gasteiger partial charge in [0.1, 0.15) is 5.76 Å². The van der Waals surface area contributed by atoms with E-state index in [0.717, 1.165) is 0 Å². The van der Waals surface area contributed by atoms with Gasteiger partial charge in [-0.2, -0.15) is 0 Å². The van der Waals surface area contributed by atoms with Gasteiger partial charge in [0.15, 0.2) is 5.82 Å². The second-order valence-corrected chi connectivity index (χ2v) is 4.42. The molecule has 1 aliphatic rings. The third-order valence-electron chi connectivity index (χ3n) is 2.57. The zero-order chi connectivity index (χ0) is 12.4. The van der Waals surface area contributed by atoms with Gasteiger partial charge in [-0.3, -0.25) is 5.32 Å². The Labute approximate surface area is 99.9 Å². The first-order chi connectivity index (χ1) is 8.04. The lowest BCUT2D eigenvalue weighted by Gasteiger charge is -2.34. The summed E-state index contributed by atoms with van der Waals surface area (Å²) in [6.07, 6.45) is 0.118. The summed E-state index contributed by atoms with van der Waals surface area (Å²) >= 11 is 0. The molecule has 1 saturated heterocycles. The molecule has 0 saturated carbocycles. The SMILES string of the molecule is Cc1cc(NC(=O)N2CC(C)OC(C)C2)no1. The average molecular weight is 239 g/mol. The molecule has 1 aliphatic heterocycles. The van der Waals surface area contributed by atoms with Crippen LogP contribution in [0.2, 0.25) is 0 Å². The first-order valence-electron chi connectivity index (χ1n) is 5.69. The van der Waals surface area contributed by atoms with Crippen molar-refractivity contribution in [1.29, 1.82) is 0 Å². The highest BCUT2D eigenvalue weighted by Crippen LogP contribution is 2.13. The molecule has 0 aromatic carbocycles. The maximum atomic E-state index is 11.9. The highest BCUT2D eigenvalue weighted by atomic mass is 16.5. The minimum absolute atomic E-state index is 0.0588. The lowest BCUT2D eigenvalue weighted by Crippen LogP contribution is -2.49. The van der Waals surface area contributed by atoms with Crippen molar-refractivity contribution in [3.05, 3.63) is 11.8 Å². The Balaban J connectivity index is 1.95. The van der Waals surface area contributed by atoms with E-state index in [0.29, 0.717) is 24.7 Å². The predicted molar refractivity (Wildman–Crippen MR) is 61.8 cm³/mol. The number of hydrogen-bond acceptors (Lipinski definition) is 4. The number of amides is 2. The molecule has 2 atom stereocenters. The van der Waals surface area contributed by atoms with Crippen molar-refractivity contribution in [3.63, 3.8) is 0 Å². The van der Waals surface area contributed by atoms with E-state index in [1.165, 1.54) is 0 Å². The largest absolute Gasteiger partial charge is 0.372 e. The molecule has 1 aromatic rings. The Morgan fingerprint density at radius 2 is 2.12 bits per heavy atom. The molecule has 1 N–H and O–H groups in total. The van der Waals surface area contributed by atoms with E-state index in [1.54, 1.807) is 17.9 Å². The van der Waals surface area contributed by atoms with Gasteiger partial charge in [-0.1, -0.05) is 5.16 Å². The zero-order valence-corrected chi connectivity index (χ0v) is 10.3. The Morgan fingerprint density at radius 3 is 2.65 bits per heavy atom. The molecule has 94 valence electrons. The fraction of sp³-hybridized carbons (Fsp3) is 0.636. The third-order valence-corrected chi connectivity index (χ3v) is 2.57. The van der Waals surface area contributed by atoms with Crippen LogP contribution in [0.1, 0.15) is 19.6 Å². The molecule has 1 aromatic heterocycles. The number of morpholine rings is 1. The number of nitrogens with one attached hydrogen (secondary N) is 1. The number of anilines is 1. The summed E-state index contributed by atoms with van der Waals surface area (Å²) in [5.74, 6) is 1.11. The summed E-state index contributed by atoms with van der Waals surface area (Å²) in [6, 6.07) is 1.52. The Bertz CT molecular complexity index is 394. The topological polar surface area (TPSA) is 67.6 Å². The molecule has 6 nitrogen and oxygen atoms in total. The molecule has 2 heterocycles. The van der Waals surface area contributed by atoms with Crippen LogP contribution < -0.4 is 5.32 Å². The smallest absolute Gasteiger partial charge is 0.323 e. The Kier molecular flexibility index (Phi) is 3.33. The van der Waals surface area contributed by atoms with Crippen LogP contribution in [0.4, 0.5) is 10.6 Å². The van der Waals surface area contributed by atoms with Gasteiger partial charge in [0.2, 0.25) is 0 Å². The molecule has 0 radical (unpaired) electrons. The van der Waals surface area contributed by atoms with Crippen molar-refractivity contribution in [2.24, 2.45) is 0 Å². The van der Waals surface area contributed by atoms with E-state index in [-0.39, 0.29) is 18.2 Å². The summed E-state index contributed by atoms with van der Waals surface area (Å²) in [5, 5.41) is 6.42. The Hall–Kier alpha value is -1.56. The number of carbonyl (C=O) groups is 1. The normalized spacial score (nSPS) is 24.8. The van der Waals surface area contributed by atoms with Crippen LogP contribution in [0.25, 0.3) is 0 Å². The van der Waals surface area contributed by atoms with E-state index in [1.807, 2.05) is 13.8 Å². The van der Waals surface area contributed by atoms with E-state index < -0.39 is 0 Å². The molecule has 2 amide bonds. The van der Waals surface area contributed by atoms with Gasteiger partial charge >= 0.3 is 6.03 Å². The van der Waals surface area contributed by atoms with Gasteiger partial charge in [0.05, 0.1) is 12.2 Å². The van der Waals surface area contributed by atoms with Gasteiger partial charge in [0.25, 0.3) is 0 Å². The predicted octanol–water partition coefficient (Wildman–Crippen LogP) is 1.62. The number of hydrogen-bond donors (Lipinski definition) is 1. The summed E-state index contributed by atoms with van der Waals surface area (Å²) in [7, 11) is 0. The minimum atomic E-state index is -0.166. The van der Waals surface area contributed by atoms with Crippen LogP contribution in [0.3, 0.4) is 0 Å². The molecule has 2 unspecified atom stereocenters. The van der Waals surface area contributed by atoms with Crippen LogP contribution >= 0.6 is 0 Å². The van der Waals surface area contributed by atoms with Crippen LogP contribution in [0.15, 0.2) is 10.6 Å². The van der Waals surface area contributed by atoms with E-state index in [4.69, 9.17) is 9.26 Å². The number of nitrogens with zero attached hydrogens (tertiary/aromatic N) is 2. The highest BCUT2D eigenvalue weighted by molar-refractivity contribution is 5.88. The monoisotopic (exact) mass is 239 g/mol. The molecule has 1 fully saturated rings. The van der Waals surface area contributed by atoms with Crippen LogP contribution in [-0.4, -0.2) is 41.4 Å². The number of aromatic nitrogens is 1. The number of rotatable bonds is 1. The molecule has 0 aliphatic carbocycles. The van der Waals surface area contributed by atoms with Gasteiger partial charge in [-0.15, -0.1) is 0 Å². The summed E-state index contributed by atoms with van der Waals surface area (Å²) in [6.45, 7) is 6.87. The van der Waals surface area contributed by atoms with E-state index >= 15 is 0 Å². The van der Waals surface area contributed by atoms with Gasteiger partial charge < -0.3 is 14.2 Å². The number of aryl methyl sites for hydroxylation is 1. The summed E-state index contributed by atoms with van der Waals surface area (Å²) < 4.78 is 10.5. The summed E-state index contributed by atoms with van der Waals surface area (Å²) in [4.78, 5) is 13.7. The van der Waals surface area contributed by atoms with Crippen molar-refractivity contribution in [3.8, 4) is 0 Å². The number of urea groups is 1. The van der Waals surface area contributed by atoms with E-state index in [9.17, 15) is 4.79 Å². The minimum Gasteiger partial charge on any atom is -0.372 e. The standard InChI is InChI=1S/C11H17N3O3/c1-7-4-10(13-17-7)12-11(15)14-5-8(2)16-9(3)6-14/h4,8-9H,5-6H2,1-3H3,(H,12,13,15). The summed E-state index contributed by atoms with van der Waals surface area (Å²) in [5.41, 5.74) is 0. The highest BCUT2D eigenvalue weighted by Gasteiger charge is 2.26. The number of carbonyl (C=O) groups excluding carboxylic acids is 1. The van der Waals surface area contributed by atoms with Crippen molar-refractivity contribution in [2.45, 2.75) is 33.0 Å². The lowest BCUT2D eigenvalue weighted by atomic mass is 10.2.